The van der Waals surface area contributed by atoms with Crippen LogP contribution in [-0.2, 0) is 14.9 Å². The van der Waals surface area contributed by atoms with E-state index in [0.29, 0.717) is 18.6 Å². The van der Waals surface area contributed by atoms with Crippen LogP contribution < -0.4 is 5.73 Å². The van der Waals surface area contributed by atoms with Gasteiger partial charge < -0.3 is 15.7 Å². The van der Waals surface area contributed by atoms with E-state index >= 15 is 0 Å². The molecule has 0 unspecified atom stereocenters. The maximum absolute atomic E-state index is 11.8. The van der Waals surface area contributed by atoms with Crippen LogP contribution in [0.15, 0.2) is 29.4 Å². The molecule has 5 heteroatoms. The van der Waals surface area contributed by atoms with Crippen LogP contribution in [0.1, 0.15) is 43.7 Å². The normalized spacial score (nSPS) is 17.4. The molecular formula is C15H20N2O3. The zero-order chi connectivity index (χ0) is 14.6. The van der Waals surface area contributed by atoms with Crippen molar-refractivity contribution in [3.8, 4) is 0 Å². The fraction of sp³-hybridized carbons (Fsp3) is 0.467. The van der Waals surface area contributed by atoms with Crippen LogP contribution in [0.4, 0.5) is 0 Å². The summed E-state index contributed by atoms with van der Waals surface area (Å²) >= 11 is 0. The first kappa shape index (κ1) is 14.4. The van der Waals surface area contributed by atoms with Crippen molar-refractivity contribution < 1.29 is 14.7 Å². The molecule has 0 saturated heterocycles. The zero-order valence-electron chi connectivity index (χ0n) is 11.6. The molecule has 0 heterocycles. The third-order valence-electron chi connectivity index (χ3n) is 4.00. The molecule has 0 radical (unpaired) electrons. The first-order chi connectivity index (χ1) is 9.61. The standard InChI is InChI=1S/C15H20N2O3/c1-2-20-13(18)10-15(8-3-9-15)12-6-4-11(5-7-12)14(16)17-19/h4-7,19H,2-3,8-10H2,1H3,(H2,16,17). The van der Waals surface area contributed by atoms with Crippen LogP contribution in [0.5, 0.6) is 0 Å². The molecule has 2 rings (SSSR count). The quantitative estimate of drug-likeness (QED) is 0.284. The molecule has 0 aliphatic heterocycles. The molecule has 1 aromatic carbocycles. The number of carbonyl (C=O) groups excluding carboxylic acids is 1. The predicted molar refractivity (Wildman–Crippen MR) is 75.7 cm³/mol. The first-order valence-corrected chi connectivity index (χ1v) is 6.85. The number of nitrogens with two attached hydrogens (primary N) is 1. The summed E-state index contributed by atoms with van der Waals surface area (Å²) in [7, 11) is 0. The van der Waals surface area contributed by atoms with Crippen molar-refractivity contribution in [2.45, 2.75) is 38.0 Å². The lowest BCUT2D eigenvalue weighted by Gasteiger charge is -2.41. The van der Waals surface area contributed by atoms with Crippen LogP contribution in [0.2, 0.25) is 0 Å². The van der Waals surface area contributed by atoms with Gasteiger partial charge in [0.1, 0.15) is 0 Å². The van der Waals surface area contributed by atoms with Crippen LogP contribution in [0.3, 0.4) is 0 Å². The third kappa shape index (κ3) is 2.76. The van der Waals surface area contributed by atoms with Crippen molar-refractivity contribution in [1.82, 2.24) is 0 Å². The topological polar surface area (TPSA) is 84.9 Å². The Labute approximate surface area is 118 Å². The molecule has 3 N–H and O–H groups in total. The first-order valence-electron chi connectivity index (χ1n) is 6.85. The Hall–Kier alpha value is -2.04. The number of nitrogens with zero attached hydrogens (tertiary/aromatic N) is 1. The van der Waals surface area contributed by atoms with Gasteiger partial charge in [0, 0.05) is 11.0 Å². The van der Waals surface area contributed by atoms with E-state index in [4.69, 9.17) is 15.7 Å². The van der Waals surface area contributed by atoms with E-state index in [0.717, 1.165) is 24.8 Å². The zero-order valence-corrected chi connectivity index (χ0v) is 11.6. The van der Waals surface area contributed by atoms with Gasteiger partial charge in [-0.25, -0.2) is 0 Å². The average molecular weight is 276 g/mol. The molecule has 1 saturated carbocycles. The highest BCUT2D eigenvalue weighted by atomic mass is 16.5. The van der Waals surface area contributed by atoms with Gasteiger partial charge in [-0.3, -0.25) is 4.79 Å². The summed E-state index contributed by atoms with van der Waals surface area (Å²) in [5.74, 6) is -0.0580. The molecule has 0 amide bonds. The van der Waals surface area contributed by atoms with Crippen LogP contribution in [0.25, 0.3) is 0 Å². The van der Waals surface area contributed by atoms with Gasteiger partial charge in [-0.2, -0.15) is 0 Å². The monoisotopic (exact) mass is 276 g/mol. The number of amidine groups is 1. The van der Waals surface area contributed by atoms with Crippen molar-refractivity contribution in [3.05, 3.63) is 35.4 Å². The van der Waals surface area contributed by atoms with E-state index in [2.05, 4.69) is 5.16 Å². The smallest absolute Gasteiger partial charge is 0.306 e. The summed E-state index contributed by atoms with van der Waals surface area (Å²) in [5, 5.41) is 11.6. The van der Waals surface area contributed by atoms with Gasteiger partial charge in [0.25, 0.3) is 0 Å². The minimum atomic E-state index is -0.146. The predicted octanol–water partition coefficient (Wildman–Crippen LogP) is 2.16. The Bertz CT molecular complexity index is 504. The van der Waals surface area contributed by atoms with Crippen LogP contribution >= 0.6 is 0 Å². The Balaban J connectivity index is 2.17. The van der Waals surface area contributed by atoms with Crippen molar-refractivity contribution >= 4 is 11.8 Å². The fourth-order valence-corrected chi connectivity index (χ4v) is 2.71. The molecule has 0 aromatic heterocycles. The molecule has 0 atom stereocenters. The van der Waals surface area contributed by atoms with Gasteiger partial charge in [0.15, 0.2) is 5.84 Å². The maximum Gasteiger partial charge on any atom is 0.306 e. The Morgan fingerprint density at radius 3 is 2.50 bits per heavy atom. The second-order valence-corrected chi connectivity index (χ2v) is 5.18. The molecule has 20 heavy (non-hydrogen) atoms. The molecule has 1 fully saturated rings. The lowest BCUT2D eigenvalue weighted by Crippen LogP contribution is -2.37. The highest BCUT2D eigenvalue weighted by molar-refractivity contribution is 5.97. The van der Waals surface area contributed by atoms with E-state index < -0.39 is 0 Å². The number of ether oxygens (including phenoxy) is 1. The van der Waals surface area contributed by atoms with Crippen molar-refractivity contribution in [2.24, 2.45) is 10.9 Å². The third-order valence-corrected chi connectivity index (χ3v) is 4.00. The van der Waals surface area contributed by atoms with Gasteiger partial charge in [-0.1, -0.05) is 35.8 Å². The Kier molecular flexibility index (Phi) is 4.27. The molecule has 0 bridgehead atoms. The van der Waals surface area contributed by atoms with Crippen LogP contribution in [-0.4, -0.2) is 23.6 Å². The summed E-state index contributed by atoms with van der Waals surface area (Å²) in [4.78, 5) is 11.8. The second-order valence-electron chi connectivity index (χ2n) is 5.18. The summed E-state index contributed by atoms with van der Waals surface area (Å²) in [6, 6.07) is 7.53. The van der Waals surface area contributed by atoms with Gasteiger partial charge in [0.2, 0.25) is 0 Å². The van der Waals surface area contributed by atoms with Crippen molar-refractivity contribution in [3.63, 3.8) is 0 Å². The molecule has 1 aliphatic carbocycles. The number of benzene rings is 1. The maximum atomic E-state index is 11.8. The molecule has 5 nitrogen and oxygen atoms in total. The number of carbonyl (C=O) groups is 1. The highest BCUT2D eigenvalue weighted by Crippen LogP contribution is 2.46. The lowest BCUT2D eigenvalue weighted by molar-refractivity contribution is -0.145. The van der Waals surface area contributed by atoms with Gasteiger partial charge in [-0.15, -0.1) is 0 Å². The van der Waals surface area contributed by atoms with Gasteiger partial charge >= 0.3 is 5.97 Å². The number of hydrogen-bond donors (Lipinski definition) is 2. The highest BCUT2D eigenvalue weighted by Gasteiger charge is 2.40. The van der Waals surface area contributed by atoms with Gasteiger partial charge in [-0.05, 0) is 25.3 Å². The number of rotatable bonds is 5. The van der Waals surface area contributed by atoms with E-state index in [1.54, 1.807) is 0 Å². The number of hydrogen-bond acceptors (Lipinski definition) is 4. The van der Waals surface area contributed by atoms with E-state index in [1.807, 2.05) is 31.2 Å². The minimum absolute atomic E-state index is 0.0876. The molecule has 108 valence electrons. The number of oxime groups is 1. The molecule has 1 aromatic rings. The number of esters is 1. The fourth-order valence-electron chi connectivity index (χ4n) is 2.71. The minimum Gasteiger partial charge on any atom is -0.466 e. The lowest BCUT2D eigenvalue weighted by atomic mass is 9.62. The van der Waals surface area contributed by atoms with Crippen molar-refractivity contribution in [2.75, 3.05) is 6.61 Å². The summed E-state index contributed by atoms with van der Waals surface area (Å²) in [6.45, 7) is 2.23. The Morgan fingerprint density at radius 2 is 2.05 bits per heavy atom. The van der Waals surface area contributed by atoms with E-state index in [1.165, 1.54) is 0 Å². The Morgan fingerprint density at radius 1 is 1.40 bits per heavy atom. The molecular weight excluding hydrogens is 256 g/mol. The van der Waals surface area contributed by atoms with E-state index in [-0.39, 0.29) is 17.2 Å². The largest absolute Gasteiger partial charge is 0.466 e. The van der Waals surface area contributed by atoms with E-state index in [9.17, 15) is 4.79 Å². The molecule has 1 aliphatic rings. The molecule has 0 spiro atoms. The summed E-state index contributed by atoms with van der Waals surface area (Å²) in [5.41, 5.74) is 7.23. The SMILES string of the molecule is CCOC(=O)CC1(c2ccc(/C(N)=N/O)cc2)CCC1. The van der Waals surface area contributed by atoms with Crippen molar-refractivity contribution in [1.29, 1.82) is 0 Å². The summed E-state index contributed by atoms with van der Waals surface area (Å²) in [6.07, 6.45) is 3.54. The average Bonchev–Trinajstić information content (AvgIpc) is 2.42. The van der Waals surface area contributed by atoms with Gasteiger partial charge in [0.05, 0.1) is 13.0 Å². The summed E-state index contributed by atoms with van der Waals surface area (Å²) < 4.78 is 5.06. The second kappa shape index (κ2) is 5.94. The van der Waals surface area contributed by atoms with Crippen LogP contribution in [0, 0.1) is 0 Å².